The van der Waals surface area contributed by atoms with E-state index in [0.29, 0.717) is 22.8 Å². The lowest BCUT2D eigenvalue weighted by atomic mass is 9.87. The summed E-state index contributed by atoms with van der Waals surface area (Å²) >= 11 is 3.96. The lowest BCUT2D eigenvalue weighted by molar-refractivity contribution is 0.222. The van der Waals surface area contributed by atoms with E-state index in [1.54, 1.807) is 0 Å². The van der Waals surface area contributed by atoms with Gasteiger partial charge in [0.1, 0.15) is 11.9 Å². The molecule has 2 nitrogen and oxygen atoms in total. The minimum Gasteiger partial charge on any atom is -0.346 e. The number of halogens is 1. The molecular formula is C22H21BrN2. The molecule has 0 aromatic heterocycles. The van der Waals surface area contributed by atoms with Gasteiger partial charge in [0.25, 0.3) is 0 Å². The van der Waals surface area contributed by atoms with Gasteiger partial charge in [-0.3, -0.25) is 4.99 Å². The van der Waals surface area contributed by atoms with Crippen LogP contribution in [0, 0.1) is 5.92 Å². The Bertz CT molecular complexity index is 814. The molecule has 0 N–H and O–H groups in total. The zero-order chi connectivity index (χ0) is 16.8. The fraction of sp³-hybridized carbons (Fsp3) is 0.318. The predicted molar refractivity (Wildman–Crippen MR) is 106 cm³/mol. The zero-order valence-corrected chi connectivity index (χ0v) is 15.6. The molecule has 0 amide bonds. The van der Waals surface area contributed by atoms with E-state index >= 15 is 0 Å². The minimum atomic E-state index is 0.185. The first-order chi connectivity index (χ1) is 12.3. The Kier molecular flexibility index (Phi) is 3.78. The predicted octanol–water partition coefficient (Wildman–Crippen LogP) is 5.30. The molecule has 2 aromatic carbocycles. The highest BCUT2D eigenvalue weighted by atomic mass is 79.9. The first kappa shape index (κ1) is 15.4. The molecule has 0 saturated carbocycles. The average Bonchev–Trinajstić information content (AvgIpc) is 3.19. The number of nitrogens with zero attached hydrogens (tertiary/aromatic N) is 2. The zero-order valence-electron chi connectivity index (χ0n) is 14.0. The van der Waals surface area contributed by atoms with Gasteiger partial charge < -0.3 is 4.90 Å². The third kappa shape index (κ3) is 2.48. The SMILES string of the molecule is Br[C@@H]1CC=C[C@H]2CC3=N[C@H](c4ccccc4)[C@@H](c4ccccc4)N3[C@@H]12. The quantitative estimate of drug-likeness (QED) is 0.500. The molecule has 0 spiro atoms. The molecule has 3 aliphatic rings. The van der Waals surface area contributed by atoms with Gasteiger partial charge in [0.2, 0.25) is 0 Å². The second-order valence-electron chi connectivity index (χ2n) is 7.20. The molecule has 0 radical (unpaired) electrons. The van der Waals surface area contributed by atoms with Crippen LogP contribution in [0.5, 0.6) is 0 Å². The summed E-state index contributed by atoms with van der Waals surface area (Å²) in [6, 6.07) is 22.7. The van der Waals surface area contributed by atoms with Gasteiger partial charge in [-0.05, 0) is 17.5 Å². The number of amidine groups is 1. The number of rotatable bonds is 2. The Morgan fingerprint density at radius 3 is 2.32 bits per heavy atom. The maximum Gasteiger partial charge on any atom is 0.101 e. The molecular weight excluding hydrogens is 372 g/mol. The van der Waals surface area contributed by atoms with Crippen LogP contribution in [0.1, 0.15) is 36.1 Å². The van der Waals surface area contributed by atoms with Gasteiger partial charge in [-0.1, -0.05) is 88.7 Å². The van der Waals surface area contributed by atoms with Gasteiger partial charge in [0.15, 0.2) is 0 Å². The van der Waals surface area contributed by atoms with Gasteiger partial charge in [0, 0.05) is 17.2 Å². The molecule has 25 heavy (non-hydrogen) atoms. The molecule has 1 saturated heterocycles. The van der Waals surface area contributed by atoms with E-state index in [2.05, 4.69) is 93.6 Å². The van der Waals surface area contributed by atoms with Crippen LogP contribution >= 0.6 is 15.9 Å². The maximum atomic E-state index is 5.22. The highest BCUT2D eigenvalue weighted by Crippen LogP contribution is 2.51. The van der Waals surface area contributed by atoms with Gasteiger partial charge in [0.05, 0.1) is 12.1 Å². The van der Waals surface area contributed by atoms with E-state index in [1.165, 1.54) is 17.0 Å². The summed E-state index contributed by atoms with van der Waals surface area (Å²) in [5.74, 6) is 1.87. The molecule has 5 rings (SSSR count). The molecule has 2 aromatic rings. The van der Waals surface area contributed by atoms with Crippen molar-refractivity contribution in [3.8, 4) is 0 Å². The van der Waals surface area contributed by atoms with E-state index < -0.39 is 0 Å². The molecule has 0 bridgehead atoms. The average molecular weight is 393 g/mol. The Balaban J connectivity index is 1.62. The topological polar surface area (TPSA) is 15.6 Å². The number of hydrogen-bond acceptors (Lipinski definition) is 2. The van der Waals surface area contributed by atoms with Crippen LogP contribution in [0.3, 0.4) is 0 Å². The van der Waals surface area contributed by atoms with Crippen molar-refractivity contribution in [2.75, 3.05) is 0 Å². The van der Waals surface area contributed by atoms with E-state index in [0.717, 1.165) is 12.8 Å². The van der Waals surface area contributed by atoms with Crippen LogP contribution < -0.4 is 0 Å². The fourth-order valence-electron chi connectivity index (χ4n) is 4.71. The Morgan fingerprint density at radius 1 is 0.920 bits per heavy atom. The van der Waals surface area contributed by atoms with Crippen molar-refractivity contribution in [1.82, 2.24) is 4.90 Å². The normalized spacial score (nSPS) is 33.1. The van der Waals surface area contributed by atoms with E-state index in [4.69, 9.17) is 4.99 Å². The highest BCUT2D eigenvalue weighted by molar-refractivity contribution is 9.09. The fourth-order valence-corrected chi connectivity index (χ4v) is 5.57. The number of allylic oxidation sites excluding steroid dienone is 1. The van der Waals surface area contributed by atoms with Crippen molar-refractivity contribution in [3.05, 3.63) is 83.9 Å². The van der Waals surface area contributed by atoms with Crippen LogP contribution in [0.4, 0.5) is 0 Å². The van der Waals surface area contributed by atoms with Crippen molar-refractivity contribution < 1.29 is 0 Å². The van der Waals surface area contributed by atoms with Crippen LogP contribution in [0.25, 0.3) is 0 Å². The van der Waals surface area contributed by atoms with E-state index in [-0.39, 0.29) is 6.04 Å². The van der Waals surface area contributed by atoms with E-state index in [1.807, 2.05) is 0 Å². The number of benzene rings is 2. The molecule has 1 fully saturated rings. The lowest BCUT2D eigenvalue weighted by Gasteiger charge is -2.38. The highest BCUT2D eigenvalue weighted by Gasteiger charge is 2.50. The first-order valence-corrected chi connectivity index (χ1v) is 10.00. The smallest absolute Gasteiger partial charge is 0.101 e. The third-order valence-electron chi connectivity index (χ3n) is 5.76. The van der Waals surface area contributed by atoms with Crippen molar-refractivity contribution in [3.63, 3.8) is 0 Å². The summed E-state index contributed by atoms with van der Waals surface area (Å²) in [6.45, 7) is 0. The summed E-state index contributed by atoms with van der Waals surface area (Å²) in [5.41, 5.74) is 2.68. The molecule has 3 heteroatoms. The van der Waals surface area contributed by atoms with Gasteiger partial charge in [-0.2, -0.15) is 0 Å². The molecule has 2 aliphatic heterocycles. The van der Waals surface area contributed by atoms with Gasteiger partial charge >= 0.3 is 0 Å². The number of aliphatic imine (C=N–C) groups is 1. The molecule has 1 aliphatic carbocycles. The third-order valence-corrected chi connectivity index (χ3v) is 6.68. The largest absolute Gasteiger partial charge is 0.346 e. The van der Waals surface area contributed by atoms with Crippen molar-refractivity contribution in [1.29, 1.82) is 0 Å². The Hall–Kier alpha value is -1.87. The second-order valence-corrected chi connectivity index (χ2v) is 8.38. The van der Waals surface area contributed by atoms with Crippen molar-refractivity contribution >= 4 is 21.8 Å². The van der Waals surface area contributed by atoms with Crippen LogP contribution in [-0.4, -0.2) is 21.6 Å². The summed E-state index contributed by atoms with van der Waals surface area (Å²) in [6.07, 6.45) is 6.90. The van der Waals surface area contributed by atoms with Crippen LogP contribution in [-0.2, 0) is 0 Å². The Labute approximate surface area is 157 Å². The Morgan fingerprint density at radius 2 is 1.60 bits per heavy atom. The van der Waals surface area contributed by atoms with E-state index in [9.17, 15) is 0 Å². The maximum absolute atomic E-state index is 5.22. The summed E-state index contributed by atoms with van der Waals surface area (Å²) in [7, 11) is 0. The molecule has 126 valence electrons. The molecule has 5 atom stereocenters. The molecule has 0 unspecified atom stereocenters. The lowest BCUT2D eigenvalue weighted by Crippen LogP contribution is -2.43. The number of alkyl halides is 1. The van der Waals surface area contributed by atoms with Crippen molar-refractivity contribution in [2.45, 2.75) is 35.8 Å². The van der Waals surface area contributed by atoms with Crippen LogP contribution in [0.15, 0.2) is 77.8 Å². The second kappa shape index (κ2) is 6.14. The first-order valence-electron chi connectivity index (χ1n) is 9.08. The number of hydrogen-bond donors (Lipinski definition) is 0. The monoisotopic (exact) mass is 392 g/mol. The standard InChI is InChI=1S/C22H21BrN2/c23-18-13-7-12-17-14-19-24-20(15-8-3-1-4-9-15)22(25(19)21(17)18)16-10-5-2-6-11-16/h1-12,17-18,20-22H,13-14H2/t17-,18+,20+,21+,22+/m0/s1. The summed E-state index contributed by atoms with van der Waals surface area (Å²) in [4.78, 5) is 8.35. The summed E-state index contributed by atoms with van der Waals surface area (Å²) < 4.78 is 0. The van der Waals surface area contributed by atoms with Gasteiger partial charge in [-0.25, -0.2) is 0 Å². The molecule has 2 heterocycles. The number of fused-ring (bicyclic) bond motifs is 3. The minimum absolute atomic E-state index is 0.185. The summed E-state index contributed by atoms with van der Waals surface area (Å²) in [5, 5.41) is 0. The van der Waals surface area contributed by atoms with Crippen LogP contribution in [0.2, 0.25) is 0 Å². The van der Waals surface area contributed by atoms with Gasteiger partial charge in [-0.15, -0.1) is 0 Å². The van der Waals surface area contributed by atoms with Crippen molar-refractivity contribution in [2.24, 2.45) is 10.9 Å².